The molecule has 3 atom stereocenters. The summed E-state index contributed by atoms with van der Waals surface area (Å²) < 4.78 is 5.02. The van der Waals surface area contributed by atoms with Crippen molar-refractivity contribution in [2.24, 2.45) is 22.8 Å². The van der Waals surface area contributed by atoms with Crippen LogP contribution in [-0.2, 0) is 20.7 Å². The number of Topliss-reactive ketones (excluding diaryl/α,β-unsaturated/α-hetero) is 1. The van der Waals surface area contributed by atoms with Gasteiger partial charge in [0.1, 0.15) is 17.3 Å². The summed E-state index contributed by atoms with van der Waals surface area (Å²) in [5.41, 5.74) is 14.0. The molecule has 1 unspecified atom stereocenters. The zero-order valence-electron chi connectivity index (χ0n) is 22.2. The number of hydrogen-bond acceptors (Lipinski definition) is 6. The van der Waals surface area contributed by atoms with Crippen molar-refractivity contribution in [3.63, 3.8) is 0 Å². The number of ether oxygens (including phenoxy) is 1. The third-order valence-electron chi connectivity index (χ3n) is 7.68. The Morgan fingerprint density at radius 3 is 2.28 bits per heavy atom. The fourth-order valence-corrected chi connectivity index (χ4v) is 5.46. The molecule has 8 heteroatoms. The smallest absolute Gasteiger partial charge is 0.321 e. The normalized spacial score (nSPS) is 20.6. The molecule has 0 aromatic heterocycles. The van der Waals surface area contributed by atoms with Crippen molar-refractivity contribution in [2.45, 2.75) is 25.8 Å². The molecule has 202 valence electrons. The number of rotatable bonds is 10. The van der Waals surface area contributed by atoms with E-state index < -0.39 is 29.3 Å². The number of nitrogens with two attached hydrogens (primary N) is 2. The number of amidine groups is 1. The fourth-order valence-electron chi connectivity index (χ4n) is 5.46. The van der Waals surface area contributed by atoms with Crippen LogP contribution in [0.3, 0.4) is 0 Å². The van der Waals surface area contributed by atoms with E-state index in [1.807, 2.05) is 48.5 Å². The number of aryl methyl sites for hydroxylation is 1. The van der Waals surface area contributed by atoms with Gasteiger partial charge in [-0.15, -0.1) is 0 Å². The Morgan fingerprint density at radius 2 is 1.67 bits per heavy atom. The Labute approximate surface area is 228 Å². The van der Waals surface area contributed by atoms with Gasteiger partial charge in [0.25, 0.3) is 0 Å². The fraction of sp³-hybridized carbons (Fsp3) is 0.290. The van der Waals surface area contributed by atoms with E-state index in [2.05, 4.69) is 0 Å². The third-order valence-corrected chi connectivity index (χ3v) is 7.68. The number of methoxy groups -OCH3 is 1. The monoisotopic (exact) mass is 526 g/mol. The number of ketones is 1. The van der Waals surface area contributed by atoms with E-state index in [4.69, 9.17) is 21.6 Å². The van der Waals surface area contributed by atoms with Crippen molar-refractivity contribution >= 4 is 23.5 Å². The van der Waals surface area contributed by atoms with Crippen LogP contribution in [0.5, 0.6) is 0 Å². The summed E-state index contributed by atoms with van der Waals surface area (Å²) in [6.07, 6.45) is 1.34. The number of hydrogen-bond donors (Lipinski definition) is 3. The number of esters is 1. The molecule has 8 nitrogen and oxygen atoms in total. The molecule has 5 N–H and O–H groups in total. The molecule has 1 fully saturated rings. The average Bonchev–Trinajstić information content (AvgIpc) is 3.19. The van der Waals surface area contributed by atoms with Crippen molar-refractivity contribution in [2.75, 3.05) is 20.2 Å². The molecule has 1 amide bonds. The topological polar surface area (TPSA) is 140 Å². The molecule has 3 aromatic rings. The van der Waals surface area contributed by atoms with Crippen LogP contribution < -0.4 is 11.5 Å². The number of likely N-dealkylation sites (tertiary alicyclic amines) is 1. The van der Waals surface area contributed by atoms with E-state index >= 15 is 0 Å². The lowest BCUT2D eigenvalue weighted by molar-refractivity contribution is -0.159. The van der Waals surface area contributed by atoms with Gasteiger partial charge in [-0.05, 0) is 49.1 Å². The summed E-state index contributed by atoms with van der Waals surface area (Å²) in [6.45, 7) is 1.80. The van der Waals surface area contributed by atoms with Crippen LogP contribution in [0.4, 0.5) is 0 Å². The minimum absolute atomic E-state index is 0.0229. The second-order valence-corrected chi connectivity index (χ2v) is 10.0. The standard InChI is InChI=1S/C31H34N4O4/c1-31(30(38)39-2)25(19-32)26(35(29(31)37)17-7-10-20-8-4-3-5-9-20)27(36)24-12-6-11-23(18-24)21-13-15-22(16-14-21)28(33)34/h3-6,8-9,11-16,18,25-26H,7,10,17,19,32H2,1-2H3,(H3,33,34)/t25?,26-,31-/m0/s1. The number of carbonyl (C=O) groups excluding carboxylic acids is 3. The van der Waals surface area contributed by atoms with Crippen molar-refractivity contribution in [1.82, 2.24) is 4.90 Å². The Balaban J connectivity index is 1.67. The highest BCUT2D eigenvalue weighted by atomic mass is 16.5. The second-order valence-electron chi connectivity index (χ2n) is 10.0. The molecule has 1 aliphatic heterocycles. The lowest BCUT2D eigenvalue weighted by Crippen LogP contribution is -2.45. The summed E-state index contributed by atoms with van der Waals surface area (Å²) in [5.74, 6) is -2.17. The van der Waals surface area contributed by atoms with Crippen molar-refractivity contribution in [1.29, 1.82) is 5.41 Å². The first-order valence-corrected chi connectivity index (χ1v) is 12.9. The lowest BCUT2D eigenvalue weighted by atomic mass is 9.75. The first-order valence-electron chi connectivity index (χ1n) is 12.9. The largest absolute Gasteiger partial charge is 0.468 e. The SMILES string of the molecule is COC(=O)[C@]1(C)C(=O)N(CCCc2ccccc2)[C@H](C(=O)c2cccc(-c3ccc(C(=N)N)cc3)c2)C1CN. The van der Waals surface area contributed by atoms with Crippen LogP contribution >= 0.6 is 0 Å². The molecule has 3 aromatic carbocycles. The van der Waals surface area contributed by atoms with E-state index in [0.29, 0.717) is 24.1 Å². The molecular weight excluding hydrogens is 492 g/mol. The Hall–Kier alpha value is -4.30. The summed E-state index contributed by atoms with van der Waals surface area (Å²) in [7, 11) is 1.24. The van der Waals surface area contributed by atoms with Crippen LogP contribution in [0.25, 0.3) is 11.1 Å². The molecule has 4 rings (SSSR count). The summed E-state index contributed by atoms with van der Waals surface area (Å²) in [6, 6.07) is 23.3. The van der Waals surface area contributed by atoms with Gasteiger partial charge < -0.3 is 21.1 Å². The number of nitrogens with zero attached hydrogens (tertiary/aromatic N) is 1. The maximum absolute atomic E-state index is 14.1. The summed E-state index contributed by atoms with van der Waals surface area (Å²) in [5, 5.41) is 7.60. The van der Waals surface area contributed by atoms with Gasteiger partial charge in [0, 0.05) is 23.6 Å². The molecule has 39 heavy (non-hydrogen) atoms. The van der Waals surface area contributed by atoms with E-state index in [0.717, 1.165) is 23.1 Å². The van der Waals surface area contributed by atoms with Gasteiger partial charge in [0.05, 0.1) is 7.11 Å². The van der Waals surface area contributed by atoms with Gasteiger partial charge in [0.2, 0.25) is 5.91 Å². The van der Waals surface area contributed by atoms with Crippen LogP contribution in [0.1, 0.15) is 34.8 Å². The number of benzene rings is 3. The third kappa shape index (κ3) is 5.33. The highest BCUT2D eigenvalue weighted by Crippen LogP contribution is 2.43. The Bertz CT molecular complexity index is 1370. The van der Waals surface area contributed by atoms with Crippen LogP contribution in [-0.4, -0.2) is 54.6 Å². The summed E-state index contributed by atoms with van der Waals surface area (Å²) in [4.78, 5) is 42.3. The molecule has 1 aliphatic rings. The van der Waals surface area contributed by atoms with E-state index in [1.165, 1.54) is 18.9 Å². The van der Waals surface area contributed by atoms with Gasteiger partial charge in [-0.1, -0.05) is 72.8 Å². The minimum Gasteiger partial charge on any atom is -0.468 e. The molecule has 1 heterocycles. The van der Waals surface area contributed by atoms with Gasteiger partial charge in [-0.3, -0.25) is 19.8 Å². The predicted octanol–water partition coefficient (Wildman–Crippen LogP) is 3.42. The zero-order chi connectivity index (χ0) is 28.2. The van der Waals surface area contributed by atoms with E-state index in [-0.39, 0.29) is 18.2 Å². The van der Waals surface area contributed by atoms with Crippen molar-refractivity contribution in [3.8, 4) is 11.1 Å². The Kier molecular flexibility index (Phi) is 8.26. The maximum atomic E-state index is 14.1. The predicted molar refractivity (Wildman–Crippen MR) is 150 cm³/mol. The quantitative estimate of drug-likeness (QED) is 0.122. The molecule has 0 aliphatic carbocycles. The molecule has 0 bridgehead atoms. The number of nitrogen functional groups attached to an aromatic ring is 1. The molecule has 0 saturated carbocycles. The Morgan fingerprint density at radius 1 is 0.974 bits per heavy atom. The van der Waals surface area contributed by atoms with Crippen molar-refractivity contribution in [3.05, 3.63) is 95.6 Å². The van der Waals surface area contributed by atoms with Crippen LogP contribution in [0.2, 0.25) is 0 Å². The number of nitrogens with one attached hydrogen (secondary N) is 1. The zero-order valence-corrected chi connectivity index (χ0v) is 22.2. The molecule has 1 saturated heterocycles. The summed E-state index contributed by atoms with van der Waals surface area (Å²) >= 11 is 0. The maximum Gasteiger partial charge on any atom is 0.321 e. The first-order chi connectivity index (χ1) is 18.7. The second kappa shape index (κ2) is 11.6. The number of amides is 1. The first kappa shape index (κ1) is 27.7. The van der Waals surface area contributed by atoms with Gasteiger partial charge in [-0.2, -0.15) is 0 Å². The van der Waals surface area contributed by atoms with Crippen molar-refractivity contribution < 1.29 is 19.1 Å². The van der Waals surface area contributed by atoms with E-state index in [9.17, 15) is 14.4 Å². The van der Waals surface area contributed by atoms with Crippen LogP contribution in [0.15, 0.2) is 78.9 Å². The molecule has 0 spiro atoms. The lowest BCUT2D eigenvalue weighted by Gasteiger charge is -2.28. The molecule has 0 radical (unpaired) electrons. The van der Waals surface area contributed by atoms with Gasteiger partial charge in [0.15, 0.2) is 5.78 Å². The highest BCUT2D eigenvalue weighted by Gasteiger charge is 2.62. The minimum atomic E-state index is -1.56. The molecular formula is C31H34N4O4. The highest BCUT2D eigenvalue weighted by molar-refractivity contribution is 6.11. The van der Waals surface area contributed by atoms with Gasteiger partial charge in [-0.25, -0.2) is 0 Å². The average molecular weight is 527 g/mol. The van der Waals surface area contributed by atoms with Crippen LogP contribution in [0, 0.1) is 16.7 Å². The number of carbonyl (C=O) groups is 3. The van der Waals surface area contributed by atoms with E-state index in [1.54, 1.807) is 30.3 Å². The van der Waals surface area contributed by atoms with Gasteiger partial charge >= 0.3 is 5.97 Å².